The molecular formula is C15H24ClNS. The Morgan fingerprint density at radius 2 is 2.11 bits per heavy atom. The lowest BCUT2D eigenvalue weighted by Gasteiger charge is -2.35. The lowest BCUT2D eigenvalue weighted by molar-refractivity contribution is 0.220. The maximum Gasteiger partial charge on any atom is 0.0931 e. The summed E-state index contributed by atoms with van der Waals surface area (Å²) in [6.07, 6.45) is 7.87. The minimum atomic E-state index is 0.478. The normalized spacial score (nSPS) is 20.2. The van der Waals surface area contributed by atoms with Gasteiger partial charge in [0, 0.05) is 10.9 Å². The monoisotopic (exact) mass is 285 g/mol. The number of hydrogen-bond acceptors (Lipinski definition) is 2. The summed E-state index contributed by atoms with van der Waals surface area (Å²) in [5.41, 5.74) is 0.478. The lowest BCUT2D eigenvalue weighted by atomic mass is 9.78. The molecule has 0 aromatic carbocycles. The molecule has 1 aromatic rings. The fraction of sp³-hybridized carbons (Fsp3) is 0.733. The smallest absolute Gasteiger partial charge is 0.0931 e. The average molecular weight is 286 g/mol. The summed E-state index contributed by atoms with van der Waals surface area (Å²) in [7, 11) is 0. The first-order chi connectivity index (χ1) is 8.64. The summed E-state index contributed by atoms with van der Waals surface area (Å²) < 4.78 is 0.913. The van der Waals surface area contributed by atoms with Crippen LogP contribution < -0.4 is 5.32 Å². The van der Waals surface area contributed by atoms with E-state index in [1.54, 1.807) is 11.3 Å². The quantitative estimate of drug-likeness (QED) is 0.784. The van der Waals surface area contributed by atoms with Crippen molar-refractivity contribution < 1.29 is 0 Å². The van der Waals surface area contributed by atoms with E-state index >= 15 is 0 Å². The molecular weight excluding hydrogens is 262 g/mol. The zero-order chi connectivity index (χ0) is 13.0. The van der Waals surface area contributed by atoms with Crippen molar-refractivity contribution in [2.45, 2.75) is 58.4 Å². The first-order valence-corrected chi connectivity index (χ1v) is 8.31. The van der Waals surface area contributed by atoms with Crippen molar-refractivity contribution in [3.8, 4) is 0 Å². The average Bonchev–Trinajstić information content (AvgIpc) is 2.94. The van der Waals surface area contributed by atoms with Crippen LogP contribution in [0.25, 0.3) is 0 Å². The Morgan fingerprint density at radius 3 is 2.67 bits per heavy atom. The Kier molecular flexibility index (Phi) is 5.11. The molecule has 3 heteroatoms. The van der Waals surface area contributed by atoms with Crippen molar-refractivity contribution in [3.63, 3.8) is 0 Å². The Hall–Kier alpha value is -0.0500. The highest BCUT2D eigenvalue weighted by molar-refractivity contribution is 7.16. The van der Waals surface area contributed by atoms with Gasteiger partial charge in [-0.2, -0.15) is 0 Å². The molecule has 1 aromatic heterocycles. The second-order valence-electron chi connectivity index (χ2n) is 5.78. The summed E-state index contributed by atoms with van der Waals surface area (Å²) in [5.74, 6) is 0. The lowest BCUT2D eigenvalue weighted by Crippen LogP contribution is -2.44. The summed E-state index contributed by atoms with van der Waals surface area (Å²) in [5, 5.41) is 3.77. The SMILES string of the molecule is CCCNC(Cc1ccc(Cl)s1)C1(C)CCCC1. The van der Waals surface area contributed by atoms with E-state index < -0.39 is 0 Å². The molecule has 1 fully saturated rings. The van der Waals surface area contributed by atoms with Gasteiger partial charge >= 0.3 is 0 Å². The van der Waals surface area contributed by atoms with Crippen molar-refractivity contribution in [3.05, 3.63) is 21.3 Å². The van der Waals surface area contributed by atoms with Gasteiger partial charge in [0.05, 0.1) is 4.34 Å². The number of halogens is 1. The van der Waals surface area contributed by atoms with Crippen LogP contribution >= 0.6 is 22.9 Å². The number of hydrogen-bond donors (Lipinski definition) is 1. The van der Waals surface area contributed by atoms with Crippen LogP contribution in [0.4, 0.5) is 0 Å². The van der Waals surface area contributed by atoms with E-state index in [-0.39, 0.29) is 0 Å². The maximum absolute atomic E-state index is 6.04. The van der Waals surface area contributed by atoms with Gasteiger partial charge in [0.15, 0.2) is 0 Å². The largest absolute Gasteiger partial charge is 0.313 e. The van der Waals surface area contributed by atoms with E-state index in [4.69, 9.17) is 11.6 Å². The van der Waals surface area contributed by atoms with Gasteiger partial charge in [0.2, 0.25) is 0 Å². The molecule has 1 saturated carbocycles. The van der Waals surface area contributed by atoms with Gasteiger partial charge in [-0.1, -0.05) is 38.3 Å². The van der Waals surface area contributed by atoms with E-state index in [1.807, 2.05) is 6.07 Å². The fourth-order valence-electron chi connectivity index (χ4n) is 3.08. The van der Waals surface area contributed by atoms with E-state index in [0.29, 0.717) is 11.5 Å². The molecule has 1 unspecified atom stereocenters. The van der Waals surface area contributed by atoms with Crippen LogP contribution in [0.1, 0.15) is 50.8 Å². The third-order valence-corrected chi connectivity index (χ3v) is 5.52. The minimum absolute atomic E-state index is 0.478. The van der Waals surface area contributed by atoms with E-state index in [9.17, 15) is 0 Å². The van der Waals surface area contributed by atoms with Gasteiger partial charge in [-0.25, -0.2) is 0 Å². The molecule has 0 amide bonds. The molecule has 1 aliphatic rings. The fourth-order valence-corrected chi connectivity index (χ4v) is 4.21. The number of thiophene rings is 1. The van der Waals surface area contributed by atoms with E-state index in [0.717, 1.165) is 17.3 Å². The molecule has 1 atom stereocenters. The molecule has 102 valence electrons. The van der Waals surface area contributed by atoms with Gasteiger partial charge in [0.25, 0.3) is 0 Å². The van der Waals surface area contributed by atoms with Crippen LogP contribution in [0.3, 0.4) is 0 Å². The van der Waals surface area contributed by atoms with Crippen molar-refractivity contribution in [1.82, 2.24) is 5.32 Å². The Balaban J connectivity index is 2.04. The Morgan fingerprint density at radius 1 is 1.39 bits per heavy atom. The van der Waals surface area contributed by atoms with Gasteiger partial charge < -0.3 is 5.32 Å². The van der Waals surface area contributed by atoms with Crippen LogP contribution in [0.2, 0.25) is 4.34 Å². The third kappa shape index (κ3) is 3.49. The van der Waals surface area contributed by atoms with Gasteiger partial charge in [-0.3, -0.25) is 0 Å². The molecule has 2 rings (SSSR count). The summed E-state index contributed by atoms with van der Waals surface area (Å²) in [6, 6.07) is 4.82. The van der Waals surface area contributed by atoms with Crippen molar-refractivity contribution in [1.29, 1.82) is 0 Å². The molecule has 0 spiro atoms. The second-order valence-corrected chi connectivity index (χ2v) is 7.58. The van der Waals surface area contributed by atoms with Crippen molar-refractivity contribution >= 4 is 22.9 Å². The van der Waals surface area contributed by atoms with Crippen molar-refractivity contribution in [2.75, 3.05) is 6.54 Å². The van der Waals surface area contributed by atoms with Crippen LogP contribution in [0.15, 0.2) is 12.1 Å². The zero-order valence-electron chi connectivity index (χ0n) is 11.5. The predicted octanol–water partition coefficient (Wildman–Crippen LogP) is 4.89. The number of nitrogens with one attached hydrogen (secondary N) is 1. The molecule has 1 aliphatic carbocycles. The Bertz CT molecular complexity index is 368. The standard InChI is InChI=1S/C15H24ClNS/c1-3-10-17-13(15(2)8-4-5-9-15)11-12-6-7-14(16)18-12/h6-7,13,17H,3-5,8-11H2,1-2H3. The molecule has 0 radical (unpaired) electrons. The molecule has 1 N–H and O–H groups in total. The third-order valence-electron chi connectivity index (χ3n) is 4.26. The van der Waals surface area contributed by atoms with Gasteiger partial charge in [0.1, 0.15) is 0 Å². The van der Waals surface area contributed by atoms with Crippen LogP contribution in [-0.4, -0.2) is 12.6 Å². The molecule has 0 aliphatic heterocycles. The van der Waals surface area contributed by atoms with Crippen LogP contribution in [0.5, 0.6) is 0 Å². The molecule has 0 bridgehead atoms. The second kappa shape index (κ2) is 6.40. The van der Waals surface area contributed by atoms with Crippen LogP contribution in [-0.2, 0) is 6.42 Å². The summed E-state index contributed by atoms with van der Waals surface area (Å²) in [4.78, 5) is 1.42. The molecule has 1 nitrogen and oxygen atoms in total. The van der Waals surface area contributed by atoms with E-state index in [1.165, 1.54) is 37.0 Å². The summed E-state index contributed by atoms with van der Waals surface area (Å²) >= 11 is 7.77. The summed E-state index contributed by atoms with van der Waals surface area (Å²) in [6.45, 7) is 5.82. The highest BCUT2D eigenvalue weighted by Crippen LogP contribution is 2.42. The van der Waals surface area contributed by atoms with Crippen LogP contribution in [0, 0.1) is 5.41 Å². The van der Waals surface area contributed by atoms with Crippen molar-refractivity contribution in [2.24, 2.45) is 5.41 Å². The molecule has 0 saturated heterocycles. The first kappa shape index (κ1) is 14.4. The topological polar surface area (TPSA) is 12.0 Å². The highest BCUT2D eigenvalue weighted by atomic mass is 35.5. The minimum Gasteiger partial charge on any atom is -0.313 e. The Labute approximate surface area is 120 Å². The molecule has 18 heavy (non-hydrogen) atoms. The van der Waals surface area contributed by atoms with Gasteiger partial charge in [-0.05, 0) is 49.8 Å². The predicted molar refractivity (Wildman–Crippen MR) is 81.7 cm³/mol. The van der Waals surface area contributed by atoms with E-state index in [2.05, 4.69) is 25.2 Å². The van der Waals surface area contributed by atoms with Gasteiger partial charge in [-0.15, -0.1) is 11.3 Å². The first-order valence-electron chi connectivity index (χ1n) is 7.11. The highest BCUT2D eigenvalue weighted by Gasteiger charge is 2.36. The number of rotatable bonds is 6. The maximum atomic E-state index is 6.04. The molecule has 1 heterocycles. The zero-order valence-corrected chi connectivity index (χ0v) is 13.0.